The summed E-state index contributed by atoms with van der Waals surface area (Å²) in [4.78, 5) is 38.0. The molecule has 4 aliphatic carbocycles. The lowest BCUT2D eigenvalue weighted by molar-refractivity contribution is -0.230. The van der Waals surface area contributed by atoms with Crippen LogP contribution in [0.15, 0.2) is 23.6 Å². The van der Waals surface area contributed by atoms with Gasteiger partial charge in [0, 0.05) is 34.7 Å². The highest BCUT2D eigenvalue weighted by Crippen LogP contribution is 2.72. The lowest BCUT2D eigenvalue weighted by Gasteiger charge is -2.63. The first-order valence-corrected chi connectivity index (χ1v) is 12.8. The number of Topliss-reactive ketones (excluding diaryl/α,β-unsaturated/α-hetero) is 1. The molecule has 5 nitrogen and oxygen atoms in total. The SMILES string of the molecule is CCCC(=O)O[C@]1(C(=O)CCl)[C@@H](C)C[C@H]2[C@@H]3C[C@H](F)C4=C(F)C(=O)C=C[C@]4(C)[C@@]3(F)[C@@H](O)C[C@@]21C. The van der Waals surface area contributed by atoms with Crippen molar-refractivity contribution >= 4 is 29.1 Å². The van der Waals surface area contributed by atoms with Crippen molar-refractivity contribution in [1.29, 1.82) is 0 Å². The van der Waals surface area contributed by atoms with Gasteiger partial charge >= 0.3 is 5.97 Å². The van der Waals surface area contributed by atoms with Crippen LogP contribution in [0.4, 0.5) is 13.2 Å². The molecule has 0 aromatic carbocycles. The number of ether oxygens (including phenoxy) is 1. The molecule has 1 N–H and O–H groups in total. The van der Waals surface area contributed by atoms with Gasteiger partial charge in [0.25, 0.3) is 0 Å². The molecule has 0 saturated heterocycles. The Kier molecular flexibility index (Phi) is 6.36. The van der Waals surface area contributed by atoms with Crippen LogP contribution in [-0.4, -0.2) is 52.1 Å². The lowest BCUT2D eigenvalue weighted by atomic mass is 9.44. The van der Waals surface area contributed by atoms with Crippen LogP contribution >= 0.6 is 11.6 Å². The van der Waals surface area contributed by atoms with E-state index < -0.39 is 93.4 Å². The van der Waals surface area contributed by atoms with Gasteiger partial charge < -0.3 is 9.84 Å². The molecule has 35 heavy (non-hydrogen) atoms. The van der Waals surface area contributed by atoms with Crippen molar-refractivity contribution in [1.82, 2.24) is 0 Å². The minimum atomic E-state index is -2.50. The minimum absolute atomic E-state index is 0.0701. The second kappa shape index (κ2) is 8.44. The minimum Gasteiger partial charge on any atom is -0.450 e. The van der Waals surface area contributed by atoms with Gasteiger partial charge in [-0.15, -0.1) is 11.6 Å². The second-order valence-electron chi connectivity index (χ2n) is 11.1. The van der Waals surface area contributed by atoms with E-state index in [2.05, 4.69) is 0 Å². The summed E-state index contributed by atoms with van der Waals surface area (Å²) in [7, 11) is 0. The van der Waals surface area contributed by atoms with Gasteiger partial charge in [0.2, 0.25) is 5.78 Å². The van der Waals surface area contributed by atoms with Crippen LogP contribution in [0.25, 0.3) is 0 Å². The Labute approximate surface area is 208 Å². The first-order chi connectivity index (χ1) is 16.3. The molecule has 3 fully saturated rings. The fourth-order valence-corrected chi connectivity index (χ4v) is 8.22. The Hall–Kier alpha value is -1.67. The topological polar surface area (TPSA) is 80.7 Å². The average Bonchev–Trinajstić information content (AvgIpc) is 3.00. The van der Waals surface area contributed by atoms with E-state index >= 15 is 8.78 Å². The number of alkyl halides is 3. The molecule has 3 saturated carbocycles. The number of hydrogen-bond donors (Lipinski definition) is 1. The van der Waals surface area contributed by atoms with Gasteiger partial charge in [0.1, 0.15) is 6.17 Å². The quantitative estimate of drug-likeness (QED) is 0.422. The number of hydrogen-bond acceptors (Lipinski definition) is 5. The van der Waals surface area contributed by atoms with E-state index in [1.54, 1.807) is 20.8 Å². The highest BCUT2D eigenvalue weighted by Gasteiger charge is 2.78. The number of rotatable bonds is 5. The summed E-state index contributed by atoms with van der Waals surface area (Å²) in [6, 6.07) is 0. The van der Waals surface area contributed by atoms with Crippen LogP contribution < -0.4 is 0 Å². The predicted octanol–water partition coefficient (Wildman–Crippen LogP) is 4.74. The molecule has 9 heteroatoms. The molecule has 0 radical (unpaired) electrons. The van der Waals surface area contributed by atoms with E-state index in [0.717, 1.165) is 12.2 Å². The van der Waals surface area contributed by atoms with Crippen LogP contribution in [0.2, 0.25) is 0 Å². The molecule has 0 spiro atoms. The highest BCUT2D eigenvalue weighted by atomic mass is 35.5. The van der Waals surface area contributed by atoms with E-state index in [1.165, 1.54) is 6.92 Å². The fraction of sp³-hybridized carbons (Fsp3) is 0.731. The van der Waals surface area contributed by atoms with Crippen LogP contribution in [0.5, 0.6) is 0 Å². The number of esters is 1. The summed E-state index contributed by atoms with van der Waals surface area (Å²) in [5.41, 5.74) is -7.91. The summed E-state index contributed by atoms with van der Waals surface area (Å²) in [6.45, 7) is 6.50. The smallest absolute Gasteiger partial charge is 0.306 e. The molecule has 0 aliphatic heterocycles. The van der Waals surface area contributed by atoms with Crippen molar-refractivity contribution < 1.29 is 37.4 Å². The maximum absolute atomic E-state index is 17.3. The molecular formula is C26H32ClF3O5. The van der Waals surface area contributed by atoms with E-state index in [1.807, 2.05) is 0 Å². The monoisotopic (exact) mass is 516 g/mol. The summed E-state index contributed by atoms with van der Waals surface area (Å²) >= 11 is 5.98. The summed E-state index contributed by atoms with van der Waals surface area (Å²) in [6.07, 6.45) is -1.59. The van der Waals surface area contributed by atoms with Crippen molar-refractivity contribution in [2.75, 3.05) is 5.88 Å². The zero-order valence-corrected chi connectivity index (χ0v) is 21.1. The van der Waals surface area contributed by atoms with Crippen molar-refractivity contribution in [3.05, 3.63) is 23.6 Å². The number of allylic oxidation sites excluding steroid dienone is 4. The molecule has 0 heterocycles. The third-order valence-corrected chi connectivity index (χ3v) is 9.75. The van der Waals surface area contributed by atoms with Crippen molar-refractivity contribution in [2.45, 2.75) is 83.3 Å². The molecule has 0 bridgehead atoms. The Morgan fingerprint density at radius 2 is 1.91 bits per heavy atom. The van der Waals surface area contributed by atoms with Crippen LogP contribution in [0, 0.1) is 28.6 Å². The van der Waals surface area contributed by atoms with E-state index in [9.17, 15) is 23.9 Å². The summed E-state index contributed by atoms with van der Waals surface area (Å²) < 4.78 is 53.6. The first-order valence-electron chi connectivity index (χ1n) is 12.2. The van der Waals surface area contributed by atoms with Crippen LogP contribution in [0.1, 0.15) is 59.8 Å². The first kappa shape index (κ1) is 26.4. The number of fused-ring (bicyclic) bond motifs is 5. The van der Waals surface area contributed by atoms with Crippen molar-refractivity contribution in [3.8, 4) is 0 Å². The largest absolute Gasteiger partial charge is 0.450 e. The molecule has 0 amide bonds. The summed E-state index contributed by atoms with van der Waals surface area (Å²) in [5, 5.41) is 11.4. The molecule has 194 valence electrons. The van der Waals surface area contributed by atoms with Gasteiger partial charge in [-0.1, -0.05) is 26.8 Å². The Bertz CT molecular complexity index is 1030. The number of ketones is 2. The molecule has 4 aliphatic rings. The van der Waals surface area contributed by atoms with Gasteiger partial charge in [-0.3, -0.25) is 14.4 Å². The normalized spacial score (nSPS) is 46.7. The van der Waals surface area contributed by atoms with Crippen LogP contribution in [0.3, 0.4) is 0 Å². The number of aliphatic hydroxyl groups excluding tert-OH is 1. The predicted molar refractivity (Wildman–Crippen MR) is 123 cm³/mol. The maximum atomic E-state index is 17.3. The zero-order valence-electron chi connectivity index (χ0n) is 20.4. The van der Waals surface area contributed by atoms with Crippen molar-refractivity contribution in [2.24, 2.45) is 28.6 Å². The van der Waals surface area contributed by atoms with E-state index in [-0.39, 0.29) is 19.3 Å². The Morgan fingerprint density at radius 3 is 2.51 bits per heavy atom. The maximum Gasteiger partial charge on any atom is 0.306 e. The lowest BCUT2D eigenvalue weighted by Crippen LogP contribution is -2.71. The standard InChI is InChI=1S/C26H32ClF3O5/c1-5-6-20(34)35-26(19(33)12-27)13(2)9-14-15-10-16(28)21-22(29)17(31)7-8-23(21,3)25(15,30)18(32)11-24(14,26)4/h7-8,13-16,18,32H,5-6,9-12H2,1-4H3/t13-,14-,15-,16-,18-,23-,24-,25-,26-/m0/s1. The zero-order chi connectivity index (χ0) is 26.1. The third kappa shape index (κ3) is 3.14. The third-order valence-electron chi connectivity index (χ3n) is 9.51. The van der Waals surface area contributed by atoms with Crippen LogP contribution in [-0.2, 0) is 19.1 Å². The van der Waals surface area contributed by atoms with E-state index in [4.69, 9.17) is 16.3 Å². The number of aliphatic hydroxyl groups is 1. The van der Waals surface area contributed by atoms with Crippen molar-refractivity contribution in [3.63, 3.8) is 0 Å². The Balaban J connectivity index is 1.88. The molecule has 0 unspecified atom stereocenters. The highest BCUT2D eigenvalue weighted by molar-refractivity contribution is 6.29. The van der Waals surface area contributed by atoms with Gasteiger partial charge in [0.15, 0.2) is 22.9 Å². The van der Waals surface area contributed by atoms with Gasteiger partial charge in [-0.2, -0.15) is 0 Å². The fourth-order valence-electron chi connectivity index (χ4n) is 8.02. The molecule has 4 rings (SSSR count). The number of carbonyl (C=O) groups is 3. The summed E-state index contributed by atoms with van der Waals surface area (Å²) in [5.74, 6) is -6.28. The Morgan fingerprint density at radius 1 is 1.26 bits per heavy atom. The van der Waals surface area contributed by atoms with Gasteiger partial charge in [0.05, 0.1) is 12.0 Å². The van der Waals surface area contributed by atoms with Gasteiger partial charge in [-0.25, -0.2) is 13.2 Å². The molecular weight excluding hydrogens is 485 g/mol. The van der Waals surface area contributed by atoms with Gasteiger partial charge in [-0.05, 0) is 44.6 Å². The average molecular weight is 517 g/mol. The second-order valence-corrected chi connectivity index (χ2v) is 11.4. The molecule has 9 atom stereocenters. The number of halogens is 4. The molecule has 0 aromatic heterocycles. The van der Waals surface area contributed by atoms with E-state index in [0.29, 0.717) is 6.42 Å². The number of carbonyl (C=O) groups excluding carboxylic acids is 3. The molecule has 0 aromatic rings.